The van der Waals surface area contributed by atoms with Gasteiger partial charge in [0.1, 0.15) is 5.82 Å². The summed E-state index contributed by atoms with van der Waals surface area (Å²) in [5, 5.41) is 0. The molecule has 3 heterocycles. The fraction of sp³-hybridized carbons (Fsp3) is 0.444. The number of piperazine rings is 1. The number of amides is 1. The molecule has 2 aliphatic rings. The van der Waals surface area contributed by atoms with Crippen molar-refractivity contribution in [2.24, 2.45) is 0 Å². The third kappa shape index (κ3) is 5.21. The number of para-hydroxylation sites is 2. The van der Waals surface area contributed by atoms with Gasteiger partial charge in [0.15, 0.2) is 5.78 Å². The zero-order chi connectivity index (χ0) is 23.3. The van der Waals surface area contributed by atoms with Gasteiger partial charge < -0.3 is 9.47 Å². The molecule has 0 aliphatic carbocycles. The predicted octanol–water partition coefficient (Wildman–Crippen LogP) is 3.05. The van der Waals surface area contributed by atoms with Gasteiger partial charge in [-0.25, -0.2) is 4.98 Å². The van der Waals surface area contributed by atoms with Crippen LogP contribution in [-0.4, -0.2) is 81.8 Å². The number of hydrogen-bond donors (Lipinski definition) is 0. The molecular formula is C27H33N5O2. The number of hydrogen-bond acceptors (Lipinski definition) is 5. The van der Waals surface area contributed by atoms with Crippen LogP contribution in [0.1, 0.15) is 35.4 Å². The highest BCUT2D eigenvalue weighted by atomic mass is 16.2. The monoisotopic (exact) mass is 459 g/mol. The van der Waals surface area contributed by atoms with Crippen molar-refractivity contribution in [1.29, 1.82) is 0 Å². The minimum atomic E-state index is 0.153. The summed E-state index contributed by atoms with van der Waals surface area (Å²) in [5.41, 5.74) is 2.81. The number of rotatable bonds is 8. The van der Waals surface area contributed by atoms with Gasteiger partial charge in [-0.05, 0) is 25.0 Å². The Kier molecular flexibility index (Phi) is 7.02. The number of ketones is 1. The molecular weight excluding hydrogens is 426 g/mol. The lowest BCUT2D eigenvalue weighted by molar-refractivity contribution is -0.131. The van der Waals surface area contributed by atoms with Crippen molar-refractivity contribution < 1.29 is 9.59 Å². The van der Waals surface area contributed by atoms with E-state index in [1.54, 1.807) is 0 Å². The van der Waals surface area contributed by atoms with Crippen LogP contribution >= 0.6 is 0 Å². The van der Waals surface area contributed by atoms with Gasteiger partial charge in [-0.1, -0.05) is 42.5 Å². The molecule has 0 atom stereocenters. The van der Waals surface area contributed by atoms with Gasteiger partial charge in [0.25, 0.3) is 0 Å². The standard InChI is InChI=1S/C27H33N5O2/c33-25(22-8-2-1-3-9-22)12-15-32-24-11-5-4-10-23(24)28-26(32)20-29-16-18-30(19-17-29)21-27(34)31-13-6-7-14-31/h1-5,8-11H,6-7,12-21H2. The molecule has 7 heteroatoms. The van der Waals surface area contributed by atoms with Gasteiger partial charge in [0, 0.05) is 57.8 Å². The van der Waals surface area contributed by atoms with E-state index in [0.29, 0.717) is 19.5 Å². The summed E-state index contributed by atoms with van der Waals surface area (Å²) < 4.78 is 2.21. The topological polar surface area (TPSA) is 61.7 Å². The van der Waals surface area contributed by atoms with Crippen molar-refractivity contribution in [3.05, 3.63) is 66.0 Å². The molecule has 178 valence electrons. The number of fused-ring (bicyclic) bond motifs is 1. The van der Waals surface area contributed by atoms with Gasteiger partial charge in [0.2, 0.25) is 5.91 Å². The lowest BCUT2D eigenvalue weighted by atomic mass is 10.1. The molecule has 2 aliphatic heterocycles. The van der Waals surface area contributed by atoms with E-state index in [4.69, 9.17) is 4.98 Å². The Hall–Kier alpha value is -3.03. The van der Waals surface area contributed by atoms with E-state index < -0.39 is 0 Å². The quantitative estimate of drug-likeness (QED) is 0.485. The summed E-state index contributed by atoms with van der Waals surface area (Å²) in [6, 6.07) is 17.7. The van der Waals surface area contributed by atoms with E-state index in [1.165, 1.54) is 0 Å². The second-order valence-electron chi connectivity index (χ2n) is 9.35. The van der Waals surface area contributed by atoms with E-state index in [0.717, 1.165) is 81.1 Å². The van der Waals surface area contributed by atoms with Gasteiger partial charge in [-0.15, -0.1) is 0 Å². The van der Waals surface area contributed by atoms with E-state index >= 15 is 0 Å². The molecule has 3 aromatic rings. The molecule has 7 nitrogen and oxygen atoms in total. The summed E-state index contributed by atoms with van der Waals surface area (Å²) >= 11 is 0. The Morgan fingerprint density at radius 2 is 1.47 bits per heavy atom. The molecule has 5 rings (SSSR count). The average molecular weight is 460 g/mol. The normalized spacial score (nSPS) is 17.5. The smallest absolute Gasteiger partial charge is 0.236 e. The van der Waals surface area contributed by atoms with Crippen LogP contribution < -0.4 is 0 Å². The summed E-state index contributed by atoms with van der Waals surface area (Å²) in [6.07, 6.45) is 2.72. The molecule has 0 spiro atoms. The van der Waals surface area contributed by atoms with E-state index in [1.807, 2.05) is 53.4 Å². The van der Waals surface area contributed by atoms with Crippen LogP contribution in [0.5, 0.6) is 0 Å². The molecule has 0 bridgehead atoms. The lowest BCUT2D eigenvalue weighted by Crippen LogP contribution is -2.49. The first kappa shape index (κ1) is 22.7. The first-order valence-electron chi connectivity index (χ1n) is 12.4. The van der Waals surface area contributed by atoms with E-state index in [-0.39, 0.29) is 11.7 Å². The predicted molar refractivity (Wildman–Crippen MR) is 133 cm³/mol. The summed E-state index contributed by atoms with van der Waals surface area (Å²) in [4.78, 5) is 36.8. The summed E-state index contributed by atoms with van der Waals surface area (Å²) in [7, 11) is 0. The molecule has 2 saturated heterocycles. The maximum atomic E-state index is 12.7. The van der Waals surface area contributed by atoms with Crippen LogP contribution in [-0.2, 0) is 17.9 Å². The first-order chi connectivity index (χ1) is 16.7. The van der Waals surface area contributed by atoms with Crippen molar-refractivity contribution in [1.82, 2.24) is 24.3 Å². The second-order valence-corrected chi connectivity index (χ2v) is 9.35. The van der Waals surface area contributed by atoms with Crippen LogP contribution in [0, 0.1) is 0 Å². The zero-order valence-corrected chi connectivity index (χ0v) is 19.7. The van der Waals surface area contributed by atoms with Crippen LogP contribution in [0.2, 0.25) is 0 Å². The minimum absolute atomic E-state index is 0.153. The van der Waals surface area contributed by atoms with Crippen LogP contribution in [0.4, 0.5) is 0 Å². The third-order valence-corrected chi connectivity index (χ3v) is 7.04. The van der Waals surface area contributed by atoms with Crippen molar-refractivity contribution >= 4 is 22.7 Å². The minimum Gasteiger partial charge on any atom is -0.342 e. The Labute approximate surface area is 201 Å². The highest BCUT2D eigenvalue weighted by Gasteiger charge is 2.24. The highest BCUT2D eigenvalue weighted by molar-refractivity contribution is 5.96. The maximum absolute atomic E-state index is 12.7. The Morgan fingerprint density at radius 1 is 0.794 bits per heavy atom. The lowest BCUT2D eigenvalue weighted by Gasteiger charge is -2.34. The van der Waals surface area contributed by atoms with Crippen molar-refractivity contribution in [3.63, 3.8) is 0 Å². The molecule has 34 heavy (non-hydrogen) atoms. The fourth-order valence-electron chi connectivity index (χ4n) is 5.04. The van der Waals surface area contributed by atoms with E-state index in [9.17, 15) is 9.59 Å². The Morgan fingerprint density at radius 3 is 2.24 bits per heavy atom. The highest BCUT2D eigenvalue weighted by Crippen LogP contribution is 2.19. The zero-order valence-electron chi connectivity index (χ0n) is 19.7. The Bertz CT molecular complexity index is 1130. The van der Waals surface area contributed by atoms with E-state index in [2.05, 4.69) is 20.4 Å². The Balaban J connectivity index is 1.21. The van der Waals surface area contributed by atoms with Crippen LogP contribution in [0.25, 0.3) is 11.0 Å². The number of carbonyl (C=O) groups excluding carboxylic acids is 2. The maximum Gasteiger partial charge on any atom is 0.236 e. The number of aryl methyl sites for hydroxylation is 1. The van der Waals surface area contributed by atoms with Crippen molar-refractivity contribution in [3.8, 4) is 0 Å². The average Bonchev–Trinajstić information content (AvgIpc) is 3.53. The molecule has 1 aromatic heterocycles. The number of nitrogens with zero attached hydrogens (tertiary/aromatic N) is 5. The molecule has 0 saturated carbocycles. The number of Topliss-reactive ketones (excluding diaryl/α,β-unsaturated/α-hetero) is 1. The van der Waals surface area contributed by atoms with Crippen molar-refractivity contribution in [2.75, 3.05) is 45.8 Å². The molecule has 0 radical (unpaired) electrons. The molecule has 2 aromatic carbocycles. The first-order valence-corrected chi connectivity index (χ1v) is 12.4. The van der Waals surface area contributed by atoms with Crippen LogP contribution in [0.15, 0.2) is 54.6 Å². The van der Waals surface area contributed by atoms with Gasteiger partial charge in [-0.3, -0.25) is 19.4 Å². The molecule has 2 fully saturated rings. The number of aromatic nitrogens is 2. The largest absolute Gasteiger partial charge is 0.342 e. The summed E-state index contributed by atoms with van der Waals surface area (Å²) in [6.45, 7) is 7.37. The SMILES string of the molecule is O=C(CCn1c(CN2CCN(CC(=O)N3CCCC3)CC2)nc2ccccc21)c1ccccc1. The summed E-state index contributed by atoms with van der Waals surface area (Å²) in [5.74, 6) is 1.43. The van der Waals surface area contributed by atoms with Gasteiger partial charge in [0.05, 0.1) is 24.1 Å². The van der Waals surface area contributed by atoms with Crippen LogP contribution in [0.3, 0.4) is 0 Å². The van der Waals surface area contributed by atoms with Gasteiger partial charge in [-0.2, -0.15) is 0 Å². The fourth-order valence-corrected chi connectivity index (χ4v) is 5.04. The molecule has 0 unspecified atom stereocenters. The third-order valence-electron chi connectivity index (χ3n) is 7.04. The second kappa shape index (κ2) is 10.5. The number of likely N-dealkylation sites (tertiary alicyclic amines) is 1. The van der Waals surface area contributed by atoms with Crippen molar-refractivity contribution in [2.45, 2.75) is 32.4 Å². The number of carbonyl (C=O) groups is 2. The van der Waals surface area contributed by atoms with Gasteiger partial charge >= 0.3 is 0 Å². The molecule has 0 N–H and O–H groups in total. The number of benzene rings is 2. The molecule has 1 amide bonds. The number of imidazole rings is 1.